The minimum atomic E-state index is -1.15. The van der Waals surface area contributed by atoms with Crippen LogP contribution < -0.4 is 25.8 Å². The molecule has 5 heterocycles. The molecule has 16 heteroatoms. The van der Waals surface area contributed by atoms with Crippen molar-refractivity contribution in [1.29, 1.82) is 0 Å². The molecule has 0 radical (unpaired) electrons. The second kappa shape index (κ2) is 12.8. The lowest BCUT2D eigenvalue weighted by molar-refractivity contribution is -0.197. The fourth-order valence-electron chi connectivity index (χ4n) is 5.93. The number of methoxy groups -OCH3 is 2. The summed E-state index contributed by atoms with van der Waals surface area (Å²) in [5, 5.41) is 20.6. The summed E-state index contributed by atoms with van der Waals surface area (Å²) in [5.41, 5.74) is 8.43. The number of aliphatic carboxylic acids is 1. The largest absolute Gasteiger partial charge is 0.497 e. The molecule has 2 saturated heterocycles. The summed E-state index contributed by atoms with van der Waals surface area (Å²) in [4.78, 5) is 33.7. The fraction of sp³-hybridized carbons (Fsp3) is 0.452. The van der Waals surface area contributed by atoms with Crippen LogP contribution in [0.2, 0.25) is 0 Å². The van der Waals surface area contributed by atoms with E-state index in [4.69, 9.17) is 34.5 Å². The van der Waals surface area contributed by atoms with E-state index in [2.05, 4.69) is 25.7 Å². The summed E-state index contributed by atoms with van der Waals surface area (Å²) in [6, 6.07) is 6.37. The first-order chi connectivity index (χ1) is 22.5. The number of nitrogens with zero attached hydrogens (tertiary/aromatic N) is 5. The van der Waals surface area contributed by atoms with Crippen LogP contribution in [0.3, 0.4) is 0 Å². The van der Waals surface area contributed by atoms with Gasteiger partial charge in [-0.2, -0.15) is 5.10 Å². The topological polar surface area (TPSA) is 199 Å². The van der Waals surface area contributed by atoms with Crippen molar-refractivity contribution in [3.05, 3.63) is 48.5 Å². The predicted octanol–water partition coefficient (Wildman–Crippen LogP) is 1.80. The van der Waals surface area contributed by atoms with Gasteiger partial charge in [-0.05, 0) is 38.5 Å². The Morgan fingerprint density at radius 3 is 2.64 bits per heavy atom. The van der Waals surface area contributed by atoms with Gasteiger partial charge in [0, 0.05) is 49.7 Å². The van der Waals surface area contributed by atoms with Crippen LogP contribution in [0.25, 0.3) is 22.3 Å². The van der Waals surface area contributed by atoms with E-state index in [9.17, 15) is 9.59 Å². The Morgan fingerprint density at radius 1 is 1.15 bits per heavy atom. The zero-order valence-electron chi connectivity index (χ0n) is 26.7. The number of anilines is 1. The van der Waals surface area contributed by atoms with Gasteiger partial charge in [0.2, 0.25) is 0 Å². The first-order valence-corrected chi connectivity index (χ1v) is 15.1. The standard InChI is InChI=1S/C31H38N8O8/c1-31(2)46-23-24(28(40)33-10-8-19(32)30(41)42)45-29(25(23)47-31)39-14-18(20-9-11-38(3)37-20)22-26(35-15-36-27(22)39)34-13-16-6-7-17(43-4)12-21(16)44-5/h6-7,9,11-12,14-15,19,23-25,29H,8,10,13,32H2,1-5H3,(H,33,40)(H,41,42)(H,34,35,36)/t19-,23+,24-,25+,29+/m0/s1. The van der Waals surface area contributed by atoms with Gasteiger partial charge < -0.3 is 49.7 Å². The number of benzene rings is 1. The number of carboxylic acids is 1. The molecule has 6 rings (SSSR count). The van der Waals surface area contributed by atoms with Crippen molar-refractivity contribution in [3.8, 4) is 22.8 Å². The quantitative estimate of drug-likeness (QED) is 0.173. The van der Waals surface area contributed by atoms with Crippen molar-refractivity contribution in [2.75, 3.05) is 26.1 Å². The first-order valence-electron chi connectivity index (χ1n) is 15.1. The van der Waals surface area contributed by atoms with Gasteiger partial charge in [-0.15, -0.1) is 0 Å². The Labute approximate surface area is 270 Å². The van der Waals surface area contributed by atoms with Crippen LogP contribution in [-0.4, -0.2) is 92.2 Å². The van der Waals surface area contributed by atoms with Crippen molar-refractivity contribution in [3.63, 3.8) is 0 Å². The first kappa shape index (κ1) is 32.2. The highest BCUT2D eigenvalue weighted by Crippen LogP contribution is 2.46. The summed E-state index contributed by atoms with van der Waals surface area (Å²) < 4.78 is 33.3. The predicted molar refractivity (Wildman–Crippen MR) is 168 cm³/mol. The van der Waals surface area contributed by atoms with Crippen molar-refractivity contribution in [2.24, 2.45) is 12.8 Å². The molecule has 1 aromatic carbocycles. The van der Waals surface area contributed by atoms with Crippen LogP contribution in [0.15, 0.2) is 43.0 Å². The third-order valence-electron chi connectivity index (χ3n) is 8.17. The average Bonchev–Trinajstić information content (AvgIpc) is 3.80. The second-order valence-electron chi connectivity index (χ2n) is 11.8. The molecule has 16 nitrogen and oxygen atoms in total. The van der Waals surface area contributed by atoms with Crippen LogP contribution in [0, 0.1) is 0 Å². The number of nitrogens with one attached hydrogen (secondary N) is 2. The molecule has 0 saturated carbocycles. The van der Waals surface area contributed by atoms with E-state index in [0.717, 1.165) is 11.1 Å². The number of carbonyl (C=O) groups is 2. The van der Waals surface area contributed by atoms with Crippen LogP contribution in [0.5, 0.6) is 11.5 Å². The summed E-state index contributed by atoms with van der Waals surface area (Å²) in [7, 11) is 5.03. The zero-order valence-corrected chi connectivity index (χ0v) is 26.7. The van der Waals surface area contributed by atoms with E-state index < -0.39 is 48.2 Å². The molecule has 4 aromatic rings. The van der Waals surface area contributed by atoms with E-state index in [1.807, 2.05) is 48.3 Å². The number of hydrogen-bond donors (Lipinski definition) is 4. The fourth-order valence-corrected chi connectivity index (χ4v) is 5.93. The molecular formula is C31H38N8O8. The SMILES string of the molecule is COc1ccc(CNc2ncnc3c2c(-c2ccn(C)n2)cn3[C@@H]2O[C@H](C(=O)NCC[C@H](N)C(=O)O)[C@H]3OC(C)(C)O[C@H]32)c(OC)c1. The Hall–Kier alpha value is -4.77. The number of carbonyl (C=O) groups excluding carboxylic acids is 1. The minimum Gasteiger partial charge on any atom is -0.497 e. The van der Waals surface area contributed by atoms with Gasteiger partial charge in [0.15, 0.2) is 18.1 Å². The van der Waals surface area contributed by atoms with E-state index in [-0.39, 0.29) is 13.0 Å². The summed E-state index contributed by atoms with van der Waals surface area (Å²) in [5.74, 6) is -0.717. The number of aryl methyl sites for hydroxylation is 1. The molecule has 0 spiro atoms. The minimum absolute atomic E-state index is 0.0516. The number of nitrogens with two attached hydrogens (primary N) is 1. The van der Waals surface area contributed by atoms with Crippen molar-refractivity contribution >= 4 is 28.7 Å². The molecule has 0 unspecified atom stereocenters. The molecule has 250 valence electrons. The number of hydrogen-bond acceptors (Lipinski definition) is 12. The maximum Gasteiger partial charge on any atom is 0.320 e. The van der Waals surface area contributed by atoms with E-state index in [1.165, 1.54) is 6.33 Å². The van der Waals surface area contributed by atoms with E-state index >= 15 is 0 Å². The Balaban J connectivity index is 1.35. The lowest BCUT2D eigenvalue weighted by atomic mass is 10.1. The second-order valence-corrected chi connectivity index (χ2v) is 11.8. The summed E-state index contributed by atoms with van der Waals surface area (Å²) >= 11 is 0. The maximum absolute atomic E-state index is 13.4. The van der Waals surface area contributed by atoms with Gasteiger partial charge in [0.25, 0.3) is 5.91 Å². The molecule has 0 bridgehead atoms. The van der Waals surface area contributed by atoms with Gasteiger partial charge in [-0.3, -0.25) is 14.3 Å². The van der Waals surface area contributed by atoms with E-state index in [1.54, 1.807) is 32.7 Å². The Kier molecular flexibility index (Phi) is 8.76. The van der Waals surface area contributed by atoms with Gasteiger partial charge >= 0.3 is 5.97 Å². The highest BCUT2D eigenvalue weighted by molar-refractivity contribution is 6.00. The van der Waals surface area contributed by atoms with Crippen molar-refractivity contribution < 1.29 is 38.4 Å². The van der Waals surface area contributed by atoms with Crippen molar-refractivity contribution in [1.82, 2.24) is 29.6 Å². The summed E-state index contributed by atoms with van der Waals surface area (Å²) in [6.45, 7) is 3.98. The number of carboxylic acid groups (broad SMARTS) is 1. The zero-order chi connectivity index (χ0) is 33.5. The molecule has 2 fully saturated rings. The van der Waals surface area contributed by atoms with Crippen molar-refractivity contribution in [2.45, 2.75) is 63.2 Å². The molecular weight excluding hydrogens is 612 g/mol. The third kappa shape index (κ3) is 6.32. The van der Waals surface area contributed by atoms with Crippen LogP contribution in [0.1, 0.15) is 32.1 Å². The van der Waals surface area contributed by atoms with E-state index in [0.29, 0.717) is 40.6 Å². The van der Waals surface area contributed by atoms with Crippen LogP contribution in [0.4, 0.5) is 5.82 Å². The average molecular weight is 651 g/mol. The highest BCUT2D eigenvalue weighted by Gasteiger charge is 2.58. The van der Waals surface area contributed by atoms with Gasteiger partial charge in [0.1, 0.15) is 47.5 Å². The smallest absolute Gasteiger partial charge is 0.320 e. The number of ether oxygens (including phenoxy) is 5. The van der Waals surface area contributed by atoms with Crippen LogP contribution >= 0.6 is 0 Å². The van der Waals surface area contributed by atoms with Gasteiger partial charge in [-0.25, -0.2) is 9.97 Å². The maximum atomic E-state index is 13.4. The summed E-state index contributed by atoms with van der Waals surface area (Å²) in [6.07, 6.45) is 1.92. The van der Waals surface area contributed by atoms with Gasteiger partial charge in [0.05, 0.1) is 25.3 Å². The van der Waals surface area contributed by atoms with Crippen LogP contribution in [-0.2, 0) is 37.4 Å². The molecule has 1 amide bonds. The van der Waals surface area contributed by atoms with Gasteiger partial charge in [-0.1, -0.05) is 0 Å². The number of amides is 1. The Bertz CT molecular complexity index is 1790. The molecule has 3 aromatic heterocycles. The third-order valence-corrected chi connectivity index (χ3v) is 8.17. The normalized spacial score (nSPS) is 22.2. The monoisotopic (exact) mass is 650 g/mol. The number of aromatic nitrogens is 5. The molecule has 5 atom stereocenters. The lowest BCUT2D eigenvalue weighted by Gasteiger charge is -2.24. The molecule has 5 N–H and O–H groups in total. The number of rotatable bonds is 12. The number of fused-ring (bicyclic) bond motifs is 2. The molecule has 2 aliphatic rings. The molecule has 2 aliphatic heterocycles. The Morgan fingerprint density at radius 2 is 1.94 bits per heavy atom. The molecule has 47 heavy (non-hydrogen) atoms. The molecule has 0 aliphatic carbocycles. The lowest BCUT2D eigenvalue weighted by Crippen LogP contribution is -2.44. The highest BCUT2D eigenvalue weighted by atomic mass is 16.8.